The van der Waals surface area contributed by atoms with Crippen LogP contribution in [0.15, 0.2) is 16.5 Å². The number of aliphatic carboxylic acids is 2. The van der Waals surface area contributed by atoms with E-state index in [0.717, 1.165) is 12.1 Å². The normalized spacial score (nSPS) is 9.33. The van der Waals surface area contributed by atoms with Gasteiger partial charge in [0.05, 0.1) is 0 Å². The smallest absolute Gasteiger partial charge is 0.371 e. The van der Waals surface area contributed by atoms with Crippen molar-refractivity contribution in [2.24, 2.45) is 0 Å². The second-order valence-corrected chi connectivity index (χ2v) is 3.77. The van der Waals surface area contributed by atoms with Crippen LogP contribution in [0.2, 0.25) is 0 Å². The molecule has 0 bridgehead atoms. The zero-order valence-corrected chi connectivity index (χ0v) is 10.8. The minimum absolute atomic E-state index is 0.0628. The molecule has 0 unspecified atom stereocenters. The van der Waals surface area contributed by atoms with Crippen LogP contribution < -0.4 is 0 Å². The summed E-state index contributed by atoms with van der Waals surface area (Å²) in [6.45, 7) is 0. The van der Waals surface area contributed by atoms with E-state index >= 15 is 0 Å². The van der Waals surface area contributed by atoms with E-state index in [1.807, 2.05) is 0 Å². The zero-order chi connectivity index (χ0) is 16.4. The SMILES string of the molecule is O=C(O)CCCCC(=O)O.O=C(O)c1ccc(C(=O)O)o1. The van der Waals surface area contributed by atoms with Gasteiger partial charge in [-0.2, -0.15) is 0 Å². The molecule has 0 atom stereocenters. The van der Waals surface area contributed by atoms with Gasteiger partial charge in [-0.05, 0) is 25.0 Å². The molecule has 4 N–H and O–H groups in total. The van der Waals surface area contributed by atoms with Crippen LogP contribution >= 0.6 is 0 Å². The summed E-state index contributed by atoms with van der Waals surface area (Å²) in [5, 5.41) is 32.8. The zero-order valence-electron chi connectivity index (χ0n) is 10.8. The van der Waals surface area contributed by atoms with Gasteiger partial charge in [-0.25, -0.2) is 9.59 Å². The molecule has 0 fully saturated rings. The van der Waals surface area contributed by atoms with Gasteiger partial charge in [-0.15, -0.1) is 0 Å². The monoisotopic (exact) mass is 302 g/mol. The van der Waals surface area contributed by atoms with Crippen LogP contribution in [0.25, 0.3) is 0 Å². The van der Waals surface area contributed by atoms with Crippen molar-refractivity contribution in [1.29, 1.82) is 0 Å². The molecule has 116 valence electrons. The van der Waals surface area contributed by atoms with Crippen LogP contribution in [-0.2, 0) is 9.59 Å². The summed E-state index contributed by atoms with van der Waals surface area (Å²) in [6, 6.07) is 2.18. The Kier molecular flexibility index (Phi) is 7.89. The summed E-state index contributed by atoms with van der Waals surface area (Å²) in [7, 11) is 0. The summed E-state index contributed by atoms with van der Waals surface area (Å²) >= 11 is 0. The third kappa shape index (κ3) is 8.81. The summed E-state index contributed by atoms with van der Waals surface area (Å²) in [5.74, 6) is -5.05. The summed E-state index contributed by atoms with van der Waals surface area (Å²) in [6.07, 6.45) is 1.02. The Morgan fingerprint density at radius 1 is 0.762 bits per heavy atom. The van der Waals surface area contributed by atoms with Crippen molar-refractivity contribution in [3.05, 3.63) is 23.7 Å². The highest BCUT2D eigenvalue weighted by Gasteiger charge is 2.12. The fraction of sp³-hybridized carbons (Fsp3) is 0.333. The van der Waals surface area contributed by atoms with Crippen molar-refractivity contribution in [3.63, 3.8) is 0 Å². The molecule has 1 aromatic heterocycles. The third-order valence-electron chi connectivity index (χ3n) is 2.06. The molecule has 0 radical (unpaired) electrons. The molecule has 1 heterocycles. The molecule has 1 rings (SSSR count). The van der Waals surface area contributed by atoms with Crippen molar-refractivity contribution in [1.82, 2.24) is 0 Å². The first kappa shape index (κ1) is 18.2. The predicted octanol–water partition coefficient (Wildman–Crippen LogP) is 1.39. The molecule has 0 aliphatic carbocycles. The van der Waals surface area contributed by atoms with Gasteiger partial charge in [0.1, 0.15) is 0 Å². The maximum atomic E-state index is 10.2. The average molecular weight is 302 g/mol. The lowest BCUT2D eigenvalue weighted by Crippen LogP contribution is -1.97. The fourth-order valence-electron chi connectivity index (χ4n) is 1.12. The van der Waals surface area contributed by atoms with Gasteiger partial charge in [0.2, 0.25) is 11.5 Å². The molecule has 0 aliphatic heterocycles. The molecular weight excluding hydrogens is 288 g/mol. The maximum absolute atomic E-state index is 10.2. The Balaban J connectivity index is 0.000000384. The number of carbonyl (C=O) groups is 4. The molecule has 0 spiro atoms. The number of rotatable bonds is 7. The van der Waals surface area contributed by atoms with E-state index in [-0.39, 0.29) is 24.4 Å². The lowest BCUT2D eigenvalue weighted by Gasteiger charge is -1.92. The second-order valence-electron chi connectivity index (χ2n) is 3.77. The van der Waals surface area contributed by atoms with Crippen LogP contribution in [-0.4, -0.2) is 44.3 Å². The Morgan fingerprint density at radius 2 is 1.10 bits per heavy atom. The molecule has 0 aromatic carbocycles. The molecule has 0 saturated heterocycles. The van der Waals surface area contributed by atoms with E-state index in [1.165, 1.54) is 0 Å². The van der Waals surface area contributed by atoms with Crippen LogP contribution in [0.5, 0.6) is 0 Å². The van der Waals surface area contributed by atoms with Gasteiger partial charge in [0.25, 0.3) is 0 Å². The fourth-order valence-corrected chi connectivity index (χ4v) is 1.12. The van der Waals surface area contributed by atoms with Crippen LogP contribution in [0.1, 0.15) is 46.8 Å². The van der Waals surface area contributed by atoms with Crippen molar-refractivity contribution in [2.45, 2.75) is 25.7 Å². The van der Waals surface area contributed by atoms with Gasteiger partial charge in [0, 0.05) is 12.8 Å². The van der Waals surface area contributed by atoms with E-state index < -0.39 is 23.9 Å². The van der Waals surface area contributed by atoms with E-state index in [0.29, 0.717) is 12.8 Å². The Hall–Kier alpha value is -2.84. The molecule has 21 heavy (non-hydrogen) atoms. The van der Waals surface area contributed by atoms with Crippen molar-refractivity contribution in [3.8, 4) is 0 Å². The highest BCUT2D eigenvalue weighted by molar-refractivity contribution is 5.88. The third-order valence-corrected chi connectivity index (χ3v) is 2.06. The van der Waals surface area contributed by atoms with Gasteiger partial charge < -0.3 is 24.8 Å². The number of carboxylic acid groups (broad SMARTS) is 4. The minimum atomic E-state index is -1.28. The Labute approximate surface area is 118 Å². The second kappa shape index (κ2) is 9.13. The van der Waals surface area contributed by atoms with E-state index in [4.69, 9.17) is 20.4 Å². The topological polar surface area (TPSA) is 162 Å². The largest absolute Gasteiger partial charge is 0.481 e. The number of carboxylic acids is 4. The van der Waals surface area contributed by atoms with Crippen LogP contribution in [0.3, 0.4) is 0 Å². The highest BCUT2D eigenvalue weighted by Crippen LogP contribution is 2.06. The van der Waals surface area contributed by atoms with Crippen LogP contribution in [0.4, 0.5) is 0 Å². The standard InChI is InChI=1S/C6H4O5.C6H10O4/c7-5(8)3-1-2-4(11-3)6(9)10;7-5(8)3-1-2-4-6(9)10/h1-2H,(H,7,8)(H,9,10);1-4H2,(H,7,8)(H,9,10). The average Bonchev–Trinajstić information content (AvgIpc) is 2.85. The van der Waals surface area contributed by atoms with Crippen molar-refractivity contribution < 1.29 is 44.0 Å². The molecular formula is C12H14O9. The van der Waals surface area contributed by atoms with E-state index in [2.05, 4.69) is 4.42 Å². The molecule has 0 aliphatic rings. The molecule has 9 nitrogen and oxygen atoms in total. The number of aromatic carboxylic acids is 2. The summed E-state index contributed by atoms with van der Waals surface area (Å²) in [5.41, 5.74) is 0. The molecule has 1 aromatic rings. The first-order valence-corrected chi connectivity index (χ1v) is 5.74. The Bertz CT molecular complexity index is 470. The van der Waals surface area contributed by atoms with Crippen molar-refractivity contribution >= 4 is 23.9 Å². The quantitative estimate of drug-likeness (QED) is 0.545. The molecule has 0 amide bonds. The number of hydrogen-bond acceptors (Lipinski definition) is 5. The predicted molar refractivity (Wildman–Crippen MR) is 66.4 cm³/mol. The number of furan rings is 1. The lowest BCUT2D eigenvalue weighted by molar-refractivity contribution is -0.139. The minimum Gasteiger partial charge on any atom is -0.481 e. The van der Waals surface area contributed by atoms with Gasteiger partial charge in [0.15, 0.2) is 0 Å². The maximum Gasteiger partial charge on any atom is 0.371 e. The Morgan fingerprint density at radius 3 is 1.29 bits per heavy atom. The first-order chi connectivity index (χ1) is 9.73. The lowest BCUT2D eigenvalue weighted by atomic mass is 10.2. The van der Waals surface area contributed by atoms with Crippen LogP contribution in [0, 0.1) is 0 Å². The number of unbranched alkanes of at least 4 members (excludes halogenated alkanes) is 1. The highest BCUT2D eigenvalue weighted by atomic mass is 16.4. The van der Waals surface area contributed by atoms with Gasteiger partial charge in [-0.3, -0.25) is 9.59 Å². The van der Waals surface area contributed by atoms with Gasteiger partial charge >= 0.3 is 23.9 Å². The van der Waals surface area contributed by atoms with Crippen molar-refractivity contribution in [2.75, 3.05) is 0 Å². The van der Waals surface area contributed by atoms with E-state index in [9.17, 15) is 19.2 Å². The summed E-state index contributed by atoms with van der Waals surface area (Å²) < 4.78 is 4.41. The molecule has 9 heteroatoms. The molecule has 0 saturated carbocycles. The van der Waals surface area contributed by atoms with Gasteiger partial charge in [-0.1, -0.05) is 0 Å². The summed E-state index contributed by atoms with van der Waals surface area (Å²) in [4.78, 5) is 40.1. The number of hydrogen-bond donors (Lipinski definition) is 4. The first-order valence-electron chi connectivity index (χ1n) is 5.74. The van der Waals surface area contributed by atoms with E-state index in [1.54, 1.807) is 0 Å².